The number of nitrogens with one attached hydrogen (secondary N) is 1. The third kappa shape index (κ3) is 3.59. The summed E-state index contributed by atoms with van der Waals surface area (Å²) in [7, 11) is 0. The zero-order valence-corrected chi connectivity index (χ0v) is 12.2. The quantitative estimate of drug-likeness (QED) is 0.931. The van der Waals surface area contributed by atoms with E-state index >= 15 is 0 Å². The lowest BCUT2D eigenvalue weighted by Gasteiger charge is -2.15. The molecule has 1 amide bonds. The number of hydrogen-bond donors (Lipinski definition) is 1. The Hall–Kier alpha value is -1.30. The molecular formula is C12H10Cl2N2O2S. The first-order chi connectivity index (χ1) is 9.08. The summed E-state index contributed by atoms with van der Waals surface area (Å²) in [6.07, 6.45) is 0.902. The van der Waals surface area contributed by atoms with Gasteiger partial charge < -0.3 is 4.74 Å². The molecule has 1 N–H and O–H groups in total. The van der Waals surface area contributed by atoms with Crippen molar-refractivity contribution >= 4 is 45.6 Å². The van der Waals surface area contributed by atoms with Gasteiger partial charge in [0.1, 0.15) is 10.8 Å². The van der Waals surface area contributed by atoms with Crippen molar-refractivity contribution in [2.24, 2.45) is 0 Å². The summed E-state index contributed by atoms with van der Waals surface area (Å²) in [5, 5.41) is 5.61. The minimum absolute atomic E-state index is 0.290. The molecule has 2 aromatic rings. The van der Waals surface area contributed by atoms with Crippen LogP contribution >= 0.6 is 34.5 Å². The van der Waals surface area contributed by atoms with Crippen molar-refractivity contribution in [1.29, 1.82) is 0 Å². The zero-order chi connectivity index (χ0) is 13.8. The fourth-order valence-corrected chi connectivity index (χ4v) is 2.18. The van der Waals surface area contributed by atoms with Crippen LogP contribution in [0.2, 0.25) is 10.0 Å². The molecule has 0 spiro atoms. The van der Waals surface area contributed by atoms with E-state index in [1.165, 1.54) is 11.3 Å². The van der Waals surface area contributed by atoms with Gasteiger partial charge in [0.25, 0.3) is 5.91 Å². The van der Waals surface area contributed by atoms with Gasteiger partial charge in [0.15, 0.2) is 11.2 Å². The second kappa shape index (κ2) is 6.23. The van der Waals surface area contributed by atoms with Crippen molar-refractivity contribution in [2.75, 3.05) is 5.32 Å². The lowest BCUT2D eigenvalue weighted by Crippen LogP contribution is -2.30. The van der Waals surface area contributed by atoms with Crippen molar-refractivity contribution in [2.45, 2.75) is 13.0 Å². The van der Waals surface area contributed by atoms with Crippen LogP contribution in [0.5, 0.6) is 5.75 Å². The molecule has 0 bridgehead atoms. The summed E-state index contributed by atoms with van der Waals surface area (Å²) >= 11 is 13.2. The first-order valence-corrected chi connectivity index (χ1v) is 7.02. The number of carbonyl (C=O) groups is 1. The molecule has 0 aliphatic heterocycles. The number of anilines is 1. The number of rotatable bonds is 4. The van der Waals surface area contributed by atoms with Gasteiger partial charge in [0, 0.05) is 11.6 Å². The van der Waals surface area contributed by atoms with Crippen LogP contribution in [0.3, 0.4) is 0 Å². The van der Waals surface area contributed by atoms with Gasteiger partial charge in [0.05, 0.1) is 5.02 Å². The monoisotopic (exact) mass is 316 g/mol. The molecule has 1 aromatic heterocycles. The van der Waals surface area contributed by atoms with Gasteiger partial charge in [-0.2, -0.15) is 0 Å². The summed E-state index contributed by atoms with van der Waals surface area (Å²) in [5.74, 6) is 0.0712. The highest BCUT2D eigenvalue weighted by molar-refractivity contribution is 7.13. The molecule has 4 nitrogen and oxygen atoms in total. The number of thiazole rings is 1. The SMILES string of the molecule is C[C@H](Oc1cccc(Cl)c1Cl)C(=O)Nc1nccs1. The second-order valence-electron chi connectivity index (χ2n) is 3.64. The Kier molecular flexibility index (Phi) is 4.63. The average molecular weight is 317 g/mol. The average Bonchev–Trinajstić information content (AvgIpc) is 2.87. The van der Waals surface area contributed by atoms with E-state index in [0.717, 1.165) is 0 Å². The molecule has 7 heteroatoms. The Morgan fingerprint density at radius 2 is 2.26 bits per heavy atom. The van der Waals surface area contributed by atoms with Gasteiger partial charge in [-0.3, -0.25) is 10.1 Å². The Morgan fingerprint density at radius 1 is 1.47 bits per heavy atom. The summed E-state index contributed by atoms with van der Waals surface area (Å²) in [4.78, 5) is 15.8. The number of halogens is 2. The van der Waals surface area contributed by atoms with Crippen molar-refractivity contribution in [3.8, 4) is 5.75 Å². The normalized spacial score (nSPS) is 11.9. The molecule has 19 heavy (non-hydrogen) atoms. The van der Waals surface area contributed by atoms with Crippen LogP contribution in [0.4, 0.5) is 5.13 Å². The standard InChI is InChI=1S/C12H10Cl2N2O2S/c1-7(11(17)16-12-15-5-6-19-12)18-9-4-2-3-8(13)10(9)14/h2-7H,1H3,(H,15,16,17)/t7-/m0/s1. The molecule has 1 aromatic carbocycles. The predicted octanol–water partition coefficient (Wildman–Crippen LogP) is 3.86. The number of hydrogen-bond acceptors (Lipinski definition) is 4. The Bertz CT molecular complexity index is 575. The van der Waals surface area contributed by atoms with E-state index in [4.69, 9.17) is 27.9 Å². The third-order valence-corrected chi connectivity index (χ3v) is 3.74. The number of carbonyl (C=O) groups excluding carboxylic acids is 1. The van der Waals surface area contributed by atoms with Crippen molar-refractivity contribution < 1.29 is 9.53 Å². The third-order valence-electron chi connectivity index (χ3n) is 2.25. The summed E-state index contributed by atoms with van der Waals surface area (Å²) in [6.45, 7) is 1.63. The predicted molar refractivity (Wildman–Crippen MR) is 77.3 cm³/mol. The largest absolute Gasteiger partial charge is 0.479 e. The summed E-state index contributed by atoms with van der Waals surface area (Å²) in [5.41, 5.74) is 0. The maximum atomic E-state index is 11.9. The van der Waals surface area contributed by atoms with E-state index in [-0.39, 0.29) is 10.9 Å². The number of benzene rings is 1. The topological polar surface area (TPSA) is 51.2 Å². The summed E-state index contributed by atoms with van der Waals surface area (Å²) in [6, 6.07) is 5.01. The molecule has 0 saturated heterocycles. The molecule has 0 unspecified atom stereocenters. The van der Waals surface area contributed by atoms with Gasteiger partial charge >= 0.3 is 0 Å². The van der Waals surface area contributed by atoms with Crippen LogP contribution in [0.15, 0.2) is 29.8 Å². The smallest absolute Gasteiger partial charge is 0.266 e. The fraction of sp³-hybridized carbons (Fsp3) is 0.167. The first kappa shape index (κ1) is 14.1. The Labute approximate surface area is 124 Å². The lowest BCUT2D eigenvalue weighted by atomic mass is 10.3. The van der Waals surface area contributed by atoms with Crippen molar-refractivity contribution in [1.82, 2.24) is 4.98 Å². The molecule has 1 atom stereocenters. The van der Waals surface area contributed by atoms with Crippen LogP contribution in [-0.4, -0.2) is 17.0 Å². The van der Waals surface area contributed by atoms with Gasteiger partial charge in [-0.05, 0) is 19.1 Å². The summed E-state index contributed by atoms with van der Waals surface area (Å²) < 4.78 is 5.48. The van der Waals surface area contributed by atoms with Crippen LogP contribution < -0.4 is 10.1 Å². The minimum atomic E-state index is -0.708. The van der Waals surface area contributed by atoms with E-state index in [1.807, 2.05) is 0 Å². The minimum Gasteiger partial charge on any atom is -0.479 e. The van der Waals surface area contributed by atoms with E-state index < -0.39 is 6.10 Å². The molecule has 0 saturated carbocycles. The molecule has 100 valence electrons. The zero-order valence-electron chi connectivity index (χ0n) is 9.89. The first-order valence-electron chi connectivity index (χ1n) is 5.39. The van der Waals surface area contributed by atoms with Crippen molar-refractivity contribution in [3.05, 3.63) is 39.8 Å². The van der Waals surface area contributed by atoms with Gasteiger partial charge in [-0.1, -0.05) is 29.3 Å². The highest BCUT2D eigenvalue weighted by atomic mass is 35.5. The molecular weight excluding hydrogens is 307 g/mol. The second-order valence-corrected chi connectivity index (χ2v) is 5.32. The van der Waals surface area contributed by atoms with Gasteiger partial charge in [0.2, 0.25) is 0 Å². The number of nitrogens with zero attached hydrogens (tertiary/aromatic N) is 1. The van der Waals surface area contributed by atoms with E-state index in [1.54, 1.807) is 36.7 Å². The Balaban J connectivity index is 2.02. The van der Waals surface area contributed by atoms with E-state index in [2.05, 4.69) is 10.3 Å². The highest BCUT2D eigenvalue weighted by Gasteiger charge is 2.17. The van der Waals surface area contributed by atoms with Crippen LogP contribution in [0.1, 0.15) is 6.92 Å². The maximum Gasteiger partial charge on any atom is 0.266 e. The highest BCUT2D eigenvalue weighted by Crippen LogP contribution is 2.32. The molecule has 0 aliphatic rings. The fourth-order valence-electron chi connectivity index (χ4n) is 1.31. The van der Waals surface area contributed by atoms with Gasteiger partial charge in [-0.25, -0.2) is 4.98 Å². The number of aromatic nitrogens is 1. The number of amides is 1. The van der Waals surface area contributed by atoms with Crippen LogP contribution in [0, 0.1) is 0 Å². The lowest BCUT2D eigenvalue weighted by molar-refractivity contribution is -0.122. The molecule has 0 aliphatic carbocycles. The Morgan fingerprint density at radius 3 is 2.95 bits per heavy atom. The molecule has 0 radical (unpaired) electrons. The molecule has 1 heterocycles. The van der Waals surface area contributed by atoms with Crippen LogP contribution in [0.25, 0.3) is 0 Å². The van der Waals surface area contributed by atoms with Gasteiger partial charge in [-0.15, -0.1) is 11.3 Å². The van der Waals surface area contributed by atoms with Crippen molar-refractivity contribution in [3.63, 3.8) is 0 Å². The molecule has 0 fully saturated rings. The molecule has 2 rings (SSSR count). The van der Waals surface area contributed by atoms with Crippen LogP contribution in [-0.2, 0) is 4.79 Å². The maximum absolute atomic E-state index is 11.9. The van der Waals surface area contributed by atoms with E-state index in [0.29, 0.717) is 15.9 Å². The number of ether oxygens (including phenoxy) is 1. The van der Waals surface area contributed by atoms with E-state index in [9.17, 15) is 4.79 Å².